The van der Waals surface area contributed by atoms with Gasteiger partial charge in [0.25, 0.3) is 0 Å². The van der Waals surface area contributed by atoms with Crippen LogP contribution in [0.5, 0.6) is 0 Å². The Hall–Kier alpha value is -0.0800. The third-order valence-corrected chi connectivity index (χ3v) is 3.43. The molecule has 1 aliphatic carbocycles. The van der Waals surface area contributed by atoms with E-state index in [0.29, 0.717) is 5.41 Å². The smallest absolute Gasteiger partial charge is 0.00471 e. The highest BCUT2D eigenvalue weighted by molar-refractivity contribution is 4.88. The van der Waals surface area contributed by atoms with Crippen LogP contribution < -0.4 is 5.32 Å². The van der Waals surface area contributed by atoms with Gasteiger partial charge < -0.3 is 10.2 Å². The van der Waals surface area contributed by atoms with E-state index >= 15 is 0 Å². The van der Waals surface area contributed by atoms with Gasteiger partial charge in [-0.05, 0) is 45.3 Å². The zero-order valence-corrected chi connectivity index (χ0v) is 10.1. The summed E-state index contributed by atoms with van der Waals surface area (Å²) < 4.78 is 0. The molecule has 0 unspecified atom stereocenters. The quantitative estimate of drug-likeness (QED) is 0.703. The summed E-state index contributed by atoms with van der Waals surface area (Å²) in [7, 11) is 4.35. The van der Waals surface area contributed by atoms with Crippen molar-refractivity contribution in [1.82, 2.24) is 10.2 Å². The van der Waals surface area contributed by atoms with Crippen molar-refractivity contribution in [3.8, 4) is 0 Å². The Balaban J connectivity index is 2.42. The minimum Gasteiger partial charge on any atom is -0.319 e. The molecule has 0 amide bonds. The summed E-state index contributed by atoms with van der Waals surface area (Å²) in [6.45, 7) is 5.98. The molecular formula is C12H26N2. The van der Waals surface area contributed by atoms with Gasteiger partial charge >= 0.3 is 0 Å². The summed E-state index contributed by atoms with van der Waals surface area (Å²) in [5.41, 5.74) is 0.582. The molecule has 0 atom stereocenters. The summed E-state index contributed by atoms with van der Waals surface area (Å²) in [5, 5.41) is 3.37. The molecule has 1 rings (SSSR count). The highest BCUT2D eigenvalue weighted by Gasteiger charge is 2.33. The van der Waals surface area contributed by atoms with Crippen LogP contribution in [0.3, 0.4) is 0 Å². The molecule has 0 aromatic rings. The molecule has 0 radical (unpaired) electrons. The van der Waals surface area contributed by atoms with Crippen LogP contribution in [0.2, 0.25) is 0 Å². The maximum absolute atomic E-state index is 3.37. The molecule has 2 nitrogen and oxygen atoms in total. The Morgan fingerprint density at radius 1 is 1.29 bits per heavy atom. The highest BCUT2D eigenvalue weighted by Crippen LogP contribution is 2.37. The van der Waals surface area contributed by atoms with Crippen LogP contribution in [0, 0.1) is 5.41 Å². The van der Waals surface area contributed by atoms with E-state index in [-0.39, 0.29) is 0 Å². The molecule has 0 aromatic heterocycles. The lowest BCUT2D eigenvalue weighted by atomic mass is 9.85. The van der Waals surface area contributed by atoms with Gasteiger partial charge in [-0.3, -0.25) is 0 Å². The van der Waals surface area contributed by atoms with E-state index < -0.39 is 0 Å². The predicted molar refractivity (Wildman–Crippen MR) is 62.6 cm³/mol. The van der Waals surface area contributed by atoms with Crippen LogP contribution in [-0.4, -0.2) is 38.6 Å². The van der Waals surface area contributed by atoms with Gasteiger partial charge in [0.1, 0.15) is 0 Å². The van der Waals surface area contributed by atoms with Crippen molar-refractivity contribution in [2.45, 2.75) is 39.0 Å². The molecular weight excluding hydrogens is 172 g/mol. The van der Waals surface area contributed by atoms with Crippen molar-refractivity contribution in [3.63, 3.8) is 0 Å². The van der Waals surface area contributed by atoms with E-state index in [1.54, 1.807) is 0 Å². The average molecular weight is 198 g/mol. The molecule has 0 aliphatic heterocycles. The third-order valence-electron chi connectivity index (χ3n) is 3.43. The van der Waals surface area contributed by atoms with Crippen LogP contribution in [0.25, 0.3) is 0 Å². The van der Waals surface area contributed by atoms with Crippen molar-refractivity contribution in [2.24, 2.45) is 5.41 Å². The van der Waals surface area contributed by atoms with Crippen molar-refractivity contribution >= 4 is 0 Å². The van der Waals surface area contributed by atoms with E-state index in [9.17, 15) is 0 Å². The normalized spacial score (nSPS) is 20.6. The average Bonchev–Trinajstić information content (AvgIpc) is 2.54. The lowest BCUT2D eigenvalue weighted by Crippen LogP contribution is -2.40. The van der Waals surface area contributed by atoms with E-state index in [1.165, 1.54) is 51.7 Å². The van der Waals surface area contributed by atoms with Gasteiger partial charge in [0.2, 0.25) is 0 Å². The summed E-state index contributed by atoms with van der Waals surface area (Å²) in [6.07, 6.45) is 6.97. The largest absolute Gasteiger partial charge is 0.319 e. The van der Waals surface area contributed by atoms with Gasteiger partial charge in [0.05, 0.1) is 0 Å². The molecule has 0 aromatic carbocycles. The first-order valence-electron chi connectivity index (χ1n) is 6.05. The van der Waals surface area contributed by atoms with E-state index in [1.807, 2.05) is 0 Å². The summed E-state index contributed by atoms with van der Waals surface area (Å²) >= 11 is 0. The topological polar surface area (TPSA) is 15.3 Å². The van der Waals surface area contributed by atoms with E-state index in [0.717, 1.165) is 0 Å². The molecule has 0 bridgehead atoms. The highest BCUT2D eigenvalue weighted by atomic mass is 15.1. The number of rotatable bonds is 6. The molecule has 84 valence electrons. The molecule has 0 spiro atoms. The molecule has 1 saturated carbocycles. The Kier molecular flexibility index (Phi) is 4.90. The first kappa shape index (κ1) is 12.0. The minimum absolute atomic E-state index is 0.582. The molecule has 0 heterocycles. The van der Waals surface area contributed by atoms with Gasteiger partial charge in [0.15, 0.2) is 0 Å². The van der Waals surface area contributed by atoms with Gasteiger partial charge in [-0.15, -0.1) is 0 Å². The summed E-state index contributed by atoms with van der Waals surface area (Å²) in [4.78, 5) is 2.50. The second-order valence-corrected chi connectivity index (χ2v) is 4.98. The van der Waals surface area contributed by atoms with E-state index in [2.05, 4.69) is 31.2 Å². The summed E-state index contributed by atoms with van der Waals surface area (Å²) in [6, 6.07) is 0. The van der Waals surface area contributed by atoms with Crippen LogP contribution in [-0.2, 0) is 0 Å². The molecule has 14 heavy (non-hydrogen) atoms. The molecule has 1 aliphatic rings. The van der Waals surface area contributed by atoms with Gasteiger partial charge in [0, 0.05) is 13.1 Å². The van der Waals surface area contributed by atoms with Crippen LogP contribution in [0.15, 0.2) is 0 Å². The standard InChI is InChI=1S/C12H26N2/c1-4-9-14(3)11-12(10-13-2)7-5-6-8-12/h13H,4-11H2,1-3H3. The fraction of sp³-hybridized carbons (Fsp3) is 1.00. The van der Waals surface area contributed by atoms with Crippen molar-refractivity contribution < 1.29 is 0 Å². The minimum atomic E-state index is 0.582. The first-order chi connectivity index (χ1) is 6.72. The maximum atomic E-state index is 3.37. The summed E-state index contributed by atoms with van der Waals surface area (Å²) in [5.74, 6) is 0. The Labute approximate surface area is 89.1 Å². The van der Waals surface area contributed by atoms with Crippen molar-refractivity contribution in [2.75, 3.05) is 33.7 Å². The predicted octanol–water partition coefficient (Wildman–Crippen LogP) is 2.11. The van der Waals surface area contributed by atoms with Crippen LogP contribution in [0.1, 0.15) is 39.0 Å². The lowest BCUT2D eigenvalue weighted by Gasteiger charge is -2.33. The van der Waals surface area contributed by atoms with Gasteiger partial charge in [-0.2, -0.15) is 0 Å². The number of hydrogen-bond donors (Lipinski definition) is 1. The first-order valence-corrected chi connectivity index (χ1v) is 6.05. The fourth-order valence-electron chi connectivity index (χ4n) is 2.92. The lowest BCUT2D eigenvalue weighted by molar-refractivity contribution is 0.176. The van der Waals surface area contributed by atoms with Gasteiger partial charge in [-0.25, -0.2) is 0 Å². The molecule has 1 N–H and O–H groups in total. The van der Waals surface area contributed by atoms with Gasteiger partial charge in [-0.1, -0.05) is 19.8 Å². The number of nitrogens with zero attached hydrogens (tertiary/aromatic N) is 1. The van der Waals surface area contributed by atoms with E-state index in [4.69, 9.17) is 0 Å². The SMILES string of the molecule is CCCN(C)CC1(CNC)CCCC1. The second kappa shape index (κ2) is 5.72. The number of hydrogen-bond acceptors (Lipinski definition) is 2. The number of nitrogens with one attached hydrogen (secondary N) is 1. The maximum Gasteiger partial charge on any atom is 0.00471 e. The monoisotopic (exact) mass is 198 g/mol. The Bertz CT molecular complexity index is 150. The second-order valence-electron chi connectivity index (χ2n) is 4.98. The van der Waals surface area contributed by atoms with Crippen molar-refractivity contribution in [1.29, 1.82) is 0 Å². The van der Waals surface area contributed by atoms with Crippen molar-refractivity contribution in [3.05, 3.63) is 0 Å². The van der Waals surface area contributed by atoms with Crippen LogP contribution >= 0.6 is 0 Å². The zero-order valence-electron chi connectivity index (χ0n) is 10.1. The van der Waals surface area contributed by atoms with Crippen LogP contribution in [0.4, 0.5) is 0 Å². The molecule has 2 heteroatoms. The Morgan fingerprint density at radius 3 is 2.43 bits per heavy atom. The molecule has 0 saturated heterocycles. The Morgan fingerprint density at radius 2 is 1.93 bits per heavy atom. The molecule has 1 fully saturated rings. The zero-order chi connectivity index (χ0) is 10.4. The third kappa shape index (κ3) is 3.25. The fourth-order valence-corrected chi connectivity index (χ4v) is 2.92.